The lowest BCUT2D eigenvalue weighted by Gasteiger charge is -2.11. The summed E-state index contributed by atoms with van der Waals surface area (Å²) < 4.78 is 10.5. The second-order valence-electron chi connectivity index (χ2n) is 5.17. The van der Waals surface area contributed by atoms with Crippen molar-refractivity contribution in [3.8, 4) is 11.3 Å². The number of hydrogen-bond acceptors (Lipinski definition) is 6. The summed E-state index contributed by atoms with van der Waals surface area (Å²) in [5.41, 5.74) is 7.76. The van der Waals surface area contributed by atoms with Crippen molar-refractivity contribution in [3.63, 3.8) is 0 Å². The summed E-state index contributed by atoms with van der Waals surface area (Å²) in [6, 6.07) is 13.7. The van der Waals surface area contributed by atoms with Crippen LogP contribution in [-0.2, 0) is 9.53 Å². The van der Waals surface area contributed by atoms with E-state index in [9.17, 15) is 9.59 Å². The van der Waals surface area contributed by atoms with Crippen LogP contribution >= 0.6 is 0 Å². The zero-order valence-corrected chi connectivity index (χ0v) is 13.0. The summed E-state index contributed by atoms with van der Waals surface area (Å²) in [4.78, 5) is 23.7. The first-order valence-corrected chi connectivity index (χ1v) is 7.32. The third kappa shape index (κ3) is 2.94. The van der Waals surface area contributed by atoms with Crippen LogP contribution < -0.4 is 16.5 Å². The van der Waals surface area contributed by atoms with Crippen LogP contribution in [0.1, 0.15) is 0 Å². The Kier molecular flexibility index (Phi) is 4.20. The molecule has 0 spiro atoms. The van der Waals surface area contributed by atoms with Gasteiger partial charge in [0.2, 0.25) is 0 Å². The number of nitrogens with one attached hydrogen (secondary N) is 1. The molecule has 0 bridgehead atoms. The minimum atomic E-state index is -0.391. The zero-order valence-electron chi connectivity index (χ0n) is 13.0. The molecule has 0 unspecified atom stereocenters. The van der Waals surface area contributed by atoms with E-state index in [-0.39, 0.29) is 12.0 Å². The lowest BCUT2D eigenvalue weighted by molar-refractivity contribution is -0.138. The van der Waals surface area contributed by atoms with Crippen LogP contribution in [0.3, 0.4) is 0 Å². The number of carbonyl (C=O) groups is 1. The van der Waals surface area contributed by atoms with Gasteiger partial charge in [0, 0.05) is 23.0 Å². The summed E-state index contributed by atoms with van der Waals surface area (Å²) in [7, 11) is 1.32. The number of esters is 1. The molecule has 24 heavy (non-hydrogen) atoms. The molecule has 0 saturated heterocycles. The smallest absolute Gasteiger partial charge is 0.325 e. The molecule has 3 rings (SSSR count). The van der Waals surface area contributed by atoms with Crippen molar-refractivity contribution in [2.75, 3.05) is 24.7 Å². The molecule has 0 amide bonds. The number of benzene rings is 2. The maximum Gasteiger partial charge on any atom is 0.325 e. The predicted octanol–water partition coefficient (Wildman–Crippen LogP) is 2.63. The molecular weight excluding hydrogens is 308 g/mol. The number of ether oxygens (including phenoxy) is 1. The van der Waals surface area contributed by atoms with Gasteiger partial charge >= 0.3 is 5.97 Å². The average Bonchev–Trinajstić information content (AvgIpc) is 2.59. The number of nitrogens with two attached hydrogens (primary N) is 1. The monoisotopic (exact) mass is 324 g/mol. The van der Waals surface area contributed by atoms with E-state index in [1.165, 1.54) is 13.2 Å². The Morgan fingerprint density at radius 2 is 2.00 bits per heavy atom. The number of anilines is 2. The van der Waals surface area contributed by atoms with E-state index in [2.05, 4.69) is 10.1 Å². The van der Waals surface area contributed by atoms with Crippen molar-refractivity contribution < 1.29 is 13.9 Å². The Bertz CT molecular complexity index is 963. The number of fused-ring (bicyclic) bond motifs is 1. The van der Waals surface area contributed by atoms with Crippen molar-refractivity contribution in [3.05, 3.63) is 58.8 Å². The highest BCUT2D eigenvalue weighted by Gasteiger charge is 2.12. The van der Waals surface area contributed by atoms with E-state index >= 15 is 0 Å². The van der Waals surface area contributed by atoms with Crippen LogP contribution in [0.15, 0.2) is 57.7 Å². The second kappa shape index (κ2) is 6.45. The fraction of sp³-hybridized carbons (Fsp3) is 0.111. The van der Waals surface area contributed by atoms with Gasteiger partial charge in [0.15, 0.2) is 5.43 Å². The van der Waals surface area contributed by atoms with Crippen molar-refractivity contribution in [1.29, 1.82) is 0 Å². The van der Waals surface area contributed by atoms with Gasteiger partial charge in [-0.25, -0.2) is 0 Å². The number of nitrogen functional groups attached to an aromatic ring is 1. The van der Waals surface area contributed by atoms with Crippen LogP contribution in [0.4, 0.5) is 11.4 Å². The third-order valence-corrected chi connectivity index (χ3v) is 3.63. The van der Waals surface area contributed by atoms with E-state index in [1.807, 2.05) is 12.1 Å². The minimum Gasteiger partial charge on any atom is -0.468 e. The lowest BCUT2D eigenvalue weighted by atomic mass is 10.1. The first-order valence-electron chi connectivity index (χ1n) is 7.32. The Balaban J connectivity index is 2.08. The largest absolute Gasteiger partial charge is 0.468 e. The molecule has 6 heteroatoms. The first-order chi connectivity index (χ1) is 11.6. The molecule has 0 saturated carbocycles. The van der Waals surface area contributed by atoms with Crippen molar-refractivity contribution in [1.82, 2.24) is 0 Å². The molecule has 0 fully saturated rings. The van der Waals surface area contributed by atoms with Crippen molar-refractivity contribution in [2.45, 2.75) is 0 Å². The van der Waals surface area contributed by atoms with Crippen LogP contribution in [0.5, 0.6) is 0 Å². The highest BCUT2D eigenvalue weighted by molar-refractivity contribution is 5.90. The Labute approximate surface area is 137 Å². The zero-order chi connectivity index (χ0) is 17.1. The molecule has 2 aromatic carbocycles. The van der Waals surface area contributed by atoms with Gasteiger partial charge in [0.25, 0.3) is 0 Å². The highest BCUT2D eigenvalue weighted by Crippen LogP contribution is 2.29. The molecule has 1 aromatic heterocycles. The molecular formula is C18H16N2O4. The van der Waals surface area contributed by atoms with Crippen LogP contribution in [-0.4, -0.2) is 19.6 Å². The van der Waals surface area contributed by atoms with Crippen molar-refractivity contribution in [2.24, 2.45) is 0 Å². The molecule has 0 aliphatic carbocycles. The van der Waals surface area contributed by atoms with Gasteiger partial charge in [-0.05, 0) is 24.3 Å². The number of carbonyl (C=O) groups excluding carboxylic acids is 1. The van der Waals surface area contributed by atoms with E-state index in [4.69, 9.17) is 10.2 Å². The normalized spacial score (nSPS) is 10.5. The lowest BCUT2D eigenvalue weighted by Crippen LogP contribution is -2.15. The molecule has 0 aliphatic heterocycles. The Morgan fingerprint density at radius 1 is 1.21 bits per heavy atom. The molecule has 0 aliphatic rings. The quantitative estimate of drug-likeness (QED) is 0.566. The highest BCUT2D eigenvalue weighted by atomic mass is 16.5. The SMILES string of the molecule is COC(=O)CNc1ccccc1-c1cc(=O)c2c(N)cccc2o1. The summed E-state index contributed by atoms with van der Waals surface area (Å²) in [6.45, 7) is 0.0122. The van der Waals surface area contributed by atoms with E-state index in [0.29, 0.717) is 33.7 Å². The van der Waals surface area contributed by atoms with E-state index in [0.717, 1.165) is 0 Å². The summed E-state index contributed by atoms with van der Waals surface area (Å²) >= 11 is 0. The maximum atomic E-state index is 12.4. The molecule has 3 N–H and O–H groups in total. The number of hydrogen-bond donors (Lipinski definition) is 2. The fourth-order valence-electron chi connectivity index (χ4n) is 2.46. The van der Waals surface area contributed by atoms with Crippen LogP contribution in [0.2, 0.25) is 0 Å². The molecule has 6 nitrogen and oxygen atoms in total. The summed E-state index contributed by atoms with van der Waals surface area (Å²) in [5.74, 6) is 0.00334. The number of methoxy groups -OCH3 is 1. The topological polar surface area (TPSA) is 94.6 Å². The maximum absolute atomic E-state index is 12.4. The van der Waals surface area contributed by atoms with Gasteiger partial charge in [-0.3, -0.25) is 9.59 Å². The van der Waals surface area contributed by atoms with Crippen LogP contribution in [0.25, 0.3) is 22.3 Å². The van der Waals surface area contributed by atoms with Gasteiger partial charge in [0.1, 0.15) is 17.9 Å². The van der Waals surface area contributed by atoms with E-state index in [1.54, 1.807) is 30.3 Å². The molecule has 1 heterocycles. The van der Waals surface area contributed by atoms with Crippen LogP contribution in [0, 0.1) is 0 Å². The summed E-state index contributed by atoms with van der Waals surface area (Å²) in [6.07, 6.45) is 0. The van der Waals surface area contributed by atoms with Gasteiger partial charge in [0.05, 0.1) is 12.5 Å². The van der Waals surface area contributed by atoms with Gasteiger partial charge in [-0.15, -0.1) is 0 Å². The molecule has 122 valence electrons. The fourth-order valence-corrected chi connectivity index (χ4v) is 2.46. The van der Waals surface area contributed by atoms with Gasteiger partial charge < -0.3 is 20.2 Å². The Morgan fingerprint density at radius 3 is 2.79 bits per heavy atom. The number of para-hydroxylation sites is 1. The average molecular weight is 324 g/mol. The minimum absolute atomic E-state index is 0.0122. The van der Waals surface area contributed by atoms with Gasteiger partial charge in [-0.1, -0.05) is 18.2 Å². The predicted molar refractivity (Wildman–Crippen MR) is 92.8 cm³/mol. The molecule has 0 atom stereocenters. The summed E-state index contributed by atoms with van der Waals surface area (Å²) in [5, 5.41) is 3.34. The molecule has 0 radical (unpaired) electrons. The van der Waals surface area contributed by atoms with Crippen molar-refractivity contribution >= 4 is 28.3 Å². The second-order valence-corrected chi connectivity index (χ2v) is 5.17. The van der Waals surface area contributed by atoms with E-state index < -0.39 is 5.97 Å². The Hall–Kier alpha value is -3.28. The first kappa shape index (κ1) is 15.6. The molecule has 3 aromatic rings. The standard InChI is InChI=1S/C18H16N2O4/c1-23-17(22)10-20-13-7-3-2-5-11(13)16-9-14(21)18-12(19)6-4-8-15(18)24-16/h2-9,20H,10,19H2,1H3. The van der Waals surface area contributed by atoms with Gasteiger partial charge in [-0.2, -0.15) is 0 Å². The third-order valence-electron chi connectivity index (χ3n) is 3.63. The number of rotatable bonds is 4.